The van der Waals surface area contributed by atoms with Gasteiger partial charge in [0.2, 0.25) is 0 Å². The van der Waals surface area contributed by atoms with Gasteiger partial charge in [-0.15, -0.1) is 0 Å². The van der Waals surface area contributed by atoms with Crippen LogP contribution in [-0.2, 0) is 20.6 Å². The van der Waals surface area contributed by atoms with Gasteiger partial charge in [0.1, 0.15) is 0 Å². The van der Waals surface area contributed by atoms with Crippen LogP contribution in [0, 0.1) is 0 Å². The van der Waals surface area contributed by atoms with Crippen LogP contribution in [-0.4, -0.2) is 11.1 Å². The van der Waals surface area contributed by atoms with Gasteiger partial charge in [-0.25, -0.2) is 0 Å². The third kappa shape index (κ3) is 1.46. The molecule has 1 rings (SSSR count). The van der Waals surface area contributed by atoms with Gasteiger partial charge in [0.15, 0.2) is 0 Å². The summed E-state index contributed by atoms with van der Waals surface area (Å²) in [6.45, 7) is 0. The van der Waals surface area contributed by atoms with Crippen molar-refractivity contribution in [2.75, 3.05) is 6.16 Å². The van der Waals surface area contributed by atoms with E-state index in [9.17, 15) is 4.57 Å². The summed E-state index contributed by atoms with van der Waals surface area (Å²) in [5.41, 5.74) is 0. The minimum absolute atomic E-state index is 0.348. The summed E-state index contributed by atoms with van der Waals surface area (Å²) in [5, 5.41) is 0. The van der Waals surface area contributed by atoms with Crippen LogP contribution in [0.1, 0.15) is 6.42 Å². The molecule has 1 unspecified atom stereocenters. The molecule has 0 aromatic heterocycles. The Morgan fingerprint density at radius 2 is 2.50 bits per heavy atom. The molecule has 8 heavy (non-hydrogen) atoms. The first-order chi connectivity index (χ1) is 3.60. The molecule has 0 spiro atoms. The van der Waals surface area contributed by atoms with Gasteiger partial charge >= 0.3 is 55.7 Å². The Bertz CT molecular complexity index is 175. The molecule has 0 saturated carbocycles. The molecular formula is C4H6CuO2P. The molecule has 1 aliphatic rings. The van der Waals surface area contributed by atoms with Crippen LogP contribution >= 0.6 is 7.37 Å². The molecule has 1 atom stereocenters. The zero-order chi connectivity index (χ0) is 6.20. The molecule has 0 saturated heterocycles. The molecular weight excluding hydrogens is 175 g/mol. The molecule has 1 heterocycles. The van der Waals surface area contributed by atoms with Gasteiger partial charge in [-0.3, -0.25) is 0 Å². The van der Waals surface area contributed by atoms with Gasteiger partial charge < -0.3 is 0 Å². The summed E-state index contributed by atoms with van der Waals surface area (Å²) < 4.78 is 11.2. The van der Waals surface area contributed by atoms with Gasteiger partial charge in [0, 0.05) is 0 Å². The monoisotopic (exact) mass is 180 g/mol. The van der Waals surface area contributed by atoms with Crippen molar-refractivity contribution in [1.82, 2.24) is 0 Å². The summed E-state index contributed by atoms with van der Waals surface area (Å²) >= 11 is 4.82. The van der Waals surface area contributed by atoms with Crippen molar-refractivity contribution in [2.24, 2.45) is 0 Å². The normalized spacial score (nSPS) is 37.6. The first-order valence-electron chi connectivity index (χ1n) is 2.25. The SMILES string of the molecule is O=P1(O)C=[C]([Cu])CC1. The van der Waals surface area contributed by atoms with Crippen LogP contribution in [0.25, 0.3) is 0 Å². The van der Waals surface area contributed by atoms with Crippen molar-refractivity contribution in [3.8, 4) is 0 Å². The zero-order valence-electron chi connectivity index (χ0n) is 4.10. The molecule has 50 valence electrons. The van der Waals surface area contributed by atoms with Crippen LogP contribution in [0.15, 0.2) is 10.3 Å². The van der Waals surface area contributed by atoms with E-state index in [1.54, 1.807) is 0 Å². The van der Waals surface area contributed by atoms with Crippen LogP contribution in [0.4, 0.5) is 0 Å². The summed E-state index contributed by atoms with van der Waals surface area (Å²) in [5.74, 6) is 1.30. The van der Waals surface area contributed by atoms with E-state index >= 15 is 0 Å². The third-order valence-corrected chi connectivity index (χ3v) is 3.11. The van der Waals surface area contributed by atoms with Crippen molar-refractivity contribution in [1.29, 1.82) is 0 Å². The molecule has 0 amide bonds. The summed E-state index contributed by atoms with van der Waals surface area (Å²) in [6, 6.07) is 0. The predicted octanol–water partition coefficient (Wildman–Crippen LogP) is 1.05. The number of rotatable bonds is 0. The third-order valence-electron chi connectivity index (χ3n) is 0.984. The van der Waals surface area contributed by atoms with Crippen LogP contribution in [0.2, 0.25) is 0 Å². The minimum atomic E-state index is -2.87. The molecule has 4 heteroatoms. The van der Waals surface area contributed by atoms with E-state index in [1.807, 2.05) is 0 Å². The Morgan fingerprint density at radius 3 is 2.62 bits per heavy atom. The van der Waals surface area contributed by atoms with E-state index in [2.05, 4.69) is 0 Å². The fraction of sp³-hybridized carbons (Fsp3) is 0.500. The second kappa shape index (κ2) is 2.00. The van der Waals surface area contributed by atoms with E-state index in [-0.39, 0.29) is 0 Å². The van der Waals surface area contributed by atoms with Gasteiger partial charge in [-0.2, -0.15) is 0 Å². The van der Waals surface area contributed by atoms with Crippen molar-refractivity contribution in [2.45, 2.75) is 6.42 Å². The first-order valence-corrected chi connectivity index (χ1v) is 4.63. The van der Waals surface area contributed by atoms with Crippen LogP contribution in [0.5, 0.6) is 0 Å². The topological polar surface area (TPSA) is 37.3 Å². The number of hydrogen-bond donors (Lipinski definition) is 1. The average Bonchev–Trinajstić information content (AvgIpc) is 1.82. The summed E-state index contributed by atoms with van der Waals surface area (Å²) in [7, 11) is -2.87. The Kier molecular flexibility index (Phi) is 1.64. The molecule has 0 aromatic carbocycles. The Balaban J connectivity index is 2.82. The number of hydrogen-bond acceptors (Lipinski definition) is 1. The van der Waals surface area contributed by atoms with Crippen molar-refractivity contribution < 1.29 is 25.5 Å². The van der Waals surface area contributed by atoms with Crippen molar-refractivity contribution >= 4 is 7.37 Å². The second-order valence-corrected chi connectivity index (χ2v) is 4.58. The molecule has 2 nitrogen and oxygen atoms in total. The van der Waals surface area contributed by atoms with E-state index in [0.29, 0.717) is 17.1 Å². The predicted molar refractivity (Wildman–Crippen MR) is 27.4 cm³/mol. The molecule has 1 N–H and O–H groups in total. The van der Waals surface area contributed by atoms with Crippen LogP contribution in [0.3, 0.4) is 0 Å². The van der Waals surface area contributed by atoms with Crippen molar-refractivity contribution in [3.05, 3.63) is 10.3 Å². The Labute approximate surface area is 56.2 Å². The van der Waals surface area contributed by atoms with Crippen LogP contribution < -0.4 is 0 Å². The first kappa shape index (κ1) is 6.57. The average molecular weight is 181 g/mol. The van der Waals surface area contributed by atoms with Crippen molar-refractivity contribution in [3.63, 3.8) is 0 Å². The maximum atomic E-state index is 10.6. The van der Waals surface area contributed by atoms with E-state index in [0.717, 1.165) is 0 Å². The number of allylic oxidation sites excluding steroid dienone is 1. The van der Waals surface area contributed by atoms with Gasteiger partial charge in [-0.1, -0.05) is 0 Å². The second-order valence-electron chi connectivity index (χ2n) is 1.76. The fourth-order valence-corrected chi connectivity index (χ4v) is 2.66. The molecule has 0 fully saturated rings. The zero-order valence-corrected chi connectivity index (χ0v) is 5.93. The Morgan fingerprint density at radius 1 is 1.88 bits per heavy atom. The molecule has 0 radical (unpaired) electrons. The summed E-state index contributed by atoms with van der Waals surface area (Å²) in [6.07, 6.45) is 0.953. The van der Waals surface area contributed by atoms with E-state index < -0.39 is 7.37 Å². The van der Waals surface area contributed by atoms with E-state index in [4.69, 9.17) is 20.9 Å². The Hall–Kier alpha value is 0.449. The molecule has 0 aliphatic carbocycles. The molecule has 1 aliphatic heterocycles. The standard InChI is InChI=1S/C4H6O2P.Cu/c5-7(6)3-1-2-4-7;/h4H,1,3H2,(H,5,6);. The van der Waals surface area contributed by atoms with E-state index in [1.165, 1.54) is 5.82 Å². The van der Waals surface area contributed by atoms with Gasteiger partial charge in [0.25, 0.3) is 0 Å². The van der Waals surface area contributed by atoms with Gasteiger partial charge in [0.05, 0.1) is 0 Å². The molecule has 0 aromatic rings. The quantitative estimate of drug-likeness (QED) is 0.447. The molecule has 0 bridgehead atoms. The summed E-state index contributed by atoms with van der Waals surface area (Å²) in [4.78, 5) is 8.77. The van der Waals surface area contributed by atoms with Gasteiger partial charge in [-0.05, 0) is 0 Å². The maximum absolute atomic E-state index is 10.6. The fourth-order valence-electron chi connectivity index (χ4n) is 0.591.